The smallest absolute Gasteiger partial charge is 0.359 e. The van der Waals surface area contributed by atoms with Gasteiger partial charge in [-0.3, -0.25) is 14.5 Å². The summed E-state index contributed by atoms with van der Waals surface area (Å²) in [5, 5.41) is 12.0. The van der Waals surface area contributed by atoms with E-state index in [4.69, 9.17) is 9.47 Å². The Morgan fingerprint density at radius 1 is 1.13 bits per heavy atom. The molecule has 0 saturated carbocycles. The summed E-state index contributed by atoms with van der Waals surface area (Å²) in [5.41, 5.74) is 1.37. The Bertz CT molecular complexity index is 895. The van der Waals surface area contributed by atoms with Gasteiger partial charge in [-0.15, -0.1) is 0 Å². The van der Waals surface area contributed by atoms with Crippen molar-refractivity contribution in [2.45, 2.75) is 30.4 Å². The van der Waals surface area contributed by atoms with Gasteiger partial charge in [0.05, 0.1) is 6.42 Å². The summed E-state index contributed by atoms with van der Waals surface area (Å²) in [6.45, 7) is 0. The maximum Gasteiger partial charge on any atom is 0.359 e. The van der Waals surface area contributed by atoms with Crippen molar-refractivity contribution in [3.05, 3.63) is 71.8 Å². The van der Waals surface area contributed by atoms with Crippen LogP contribution in [0.1, 0.15) is 17.4 Å². The number of β-lactam (4-membered cyclic amide) rings is 1. The summed E-state index contributed by atoms with van der Waals surface area (Å²) in [7, 11) is 1.35. The zero-order valence-electron chi connectivity index (χ0n) is 16.2. The van der Waals surface area contributed by atoms with E-state index < -0.39 is 35.8 Å². The van der Waals surface area contributed by atoms with Crippen LogP contribution in [-0.4, -0.2) is 52.5 Å². The molecule has 2 amide bonds. The van der Waals surface area contributed by atoms with Crippen LogP contribution in [0.25, 0.3) is 0 Å². The fourth-order valence-electron chi connectivity index (χ4n) is 3.05. The van der Waals surface area contributed by atoms with Gasteiger partial charge in [0.15, 0.2) is 0 Å². The Morgan fingerprint density at radius 2 is 1.73 bits per heavy atom. The standard InChI is InChI=1S/C21H22N2O6S/c1-28-21(14-10-6-3-7-11-14)29-20(27)18(26)23-17(25)16(19(23)30)22-15(24)12-13-8-4-2-5-9-13/h2-11,16,18-19,21,26,30H,12H2,1H3,(H,22,24)/t16-,18?,19-,21?/m1/s1. The molecule has 4 atom stereocenters. The second kappa shape index (κ2) is 9.75. The maximum absolute atomic E-state index is 12.4. The van der Waals surface area contributed by atoms with Crippen LogP contribution in [0.4, 0.5) is 0 Å². The van der Waals surface area contributed by atoms with Crippen molar-refractivity contribution >= 4 is 30.4 Å². The van der Waals surface area contributed by atoms with Crippen LogP contribution in [0.2, 0.25) is 0 Å². The van der Waals surface area contributed by atoms with Gasteiger partial charge in [0, 0.05) is 12.7 Å². The number of carbonyl (C=O) groups is 3. The molecule has 2 aromatic rings. The van der Waals surface area contributed by atoms with Crippen molar-refractivity contribution in [1.82, 2.24) is 10.2 Å². The van der Waals surface area contributed by atoms with Gasteiger partial charge < -0.3 is 19.9 Å². The van der Waals surface area contributed by atoms with Crippen LogP contribution in [0.15, 0.2) is 60.7 Å². The number of amides is 2. The highest BCUT2D eigenvalue weighted by atomic mass is 32.1. The highest BCUT2D eigenvalue weighted by molar-refractivity contribution is 7.81. The zero-order valence-corrected chi connectivity index (χ0v) is 17.1. The third kappa shape index (κ3) is 4.81. The van der Waals surface area contributed by atoms with Gasteiger partial charge in [0.1, 0.15) is 11.4 Å². The van der Waals surface area contributed by atoms with E-state index in [0.717, 1.165) is 10.5 Å². The molecule has 0 radical (unpaired) electrons. The summed E-state index contributed by atoms with van der Waals surface area (Å²) in [5.74, 6) is -2.06. The van der Waals surface area contributed by atoms with Crippen molar-refractivity contribution in [1.29, 1.82) is 0 Å². The SMILES string of the molecule is COC(OC(=O)C(O)N1C(=O)[C@@H](NC(=O)Cc2ccccc2)[C@H]1S)c1ccccc1. The number of methoxy groups -OCH3 is 1. The van der Waals surface area contributed by atoms with Gasteiger partial charge in [0.2, 0.25) is 18.4 Å². The first-order valence-corrected chi connectivity index (χ1v) is 9.74. The number of nitrogens with one attached hydrogen (secondary N) is 1. The van der Waals surface area contributed by atoms with Crippen molar-refractivity contribution < 1.29 is 29.0 Å². The van der Waals surface area contributed by atoms with Crippen LogP contribution in [0.3, 0.4) is 0 Å². The van der Waals surface area contributed by atoms with Crippen LogP contribution in [0.5, 0.6) is 0 Å². The Balaban J connectivity index is 1.55. The Morgan fingerprint density at radius 3 is 2.30 bits per heavy atom. The van der Waals surface area contributed by atoms with Crippen molar-refractivity contribution in [3.8, 4) is 0 Å². The van der Waals surface area contributed by atoms with Crippen LogP contribution in [0, 0.1) is 0 Å². The van der Waals surface area contributed by atoms with Crippen molar-refractivity contribution in [2.24, 2.45) is 0 Å². The summed E-state index contributed by atoms with van der Waals surface area (Å²) >= 11 is 4.24. The van der Waals surface area contributed by atoms with Gasteiger partial charge in [-0.05, 0) is 5.56 Å². The first kappa shape index (κ1) is 21.8. The van der Waals surface area contributed by atoms with Crippen molar-refractivity contribution in [2.75, 3.05) is 7.11 Å². The average Bonchev–Trinajstić information content (AvgIpc) is 2.77. The van der Waals surface area contributed by atoms with E-state index in [1.807, 2.05) is 18.2 Å². The second-order valence-electron chi connectivity index (χ2n) is 6.66. The summed E-state index contributed by atoms with van der Waals surface area (Å²) in [6, 6.07) is 16.8. The molecule has 1 aliphatic heterocycles. The Labute approximate surface area is 179 Å². The number of carbonyl (C=O) groups excluding carboxylic acids is 3. The number of rotatable bonds is 8. The highest BCUT2D eigenvalue weighted by Gasteiger charge is 2.51. The molecule has 0 bridgehead atoms. The molecule has 2 aromatic carbocycles. The molecule has 0 spiro atoms. The average molecular weight is 430 g/mol. The zero-order chi connectivity index (χ0) is 21.7. The number of hydrogen-bond acceptors (Lipinski definition) is 7. The number of hydrogen-bond donors (Lipinski definition) is 3. The number of thiol groups is 1. The van der Waals surface area contributed by atoms with Gasteiger partial charge in [-0.2, -0.15) is 12.6 Å². The van der Waals surface area contributed by atoms with E-state index in [1.165, 1.54) is 7.11 Å². The number of benzene rings is 2. The minimum atomic E-state index is -1.87. The predicted octanol–water partition coefficient (Wildman–Crippen LogP) is 1.02. The molecule has 158 valence electrons. The van der Waals surface area contributed by atoms with Gasteiger partial charge in [0.25, 0.3) is 5.91 Å². The lowest BCUT2D eigenvalue weighted by Gasteiger charge is -2.46. The van der Waals surface area contributed by atoms with E-state index in [-0.39, 0.29) is 12.3 Å². The van der Waals surface area contributed by atoms with E-state index >= 15 is 0 Å². The van der Waals surface area contributed by atoms with Crippen molar-refractivity contribution in [3.63, 3.8) is 0 Å². The number of likely N-dealkylation sites (tertiary alicyclic amines) is 1. The van der Waals surface area contributed by atoms with E-state index in [9.17, 15) is 19.5 Å². The predicted molar refractivity (Wildman–Crippen MR) is 110 cm³/mol. The van der Waals surface area contributed by atoms with Crippen LogP contribution < -0.4 is 5.32 Å². The first-order chi connectivity index (χ1) is 14.4. The molecule has 8 nitrogen and oxygen atoms in total. The monoisotopic (exact) mass is 430 g/mol. The number of esters is 1. The van der Waals surface area contributed by atoms with E-state index in [1.54, 1.807) is 42.5 Å². The Hall–Kier alpha value is -2.88. The van der Waals surface area contributed by atoms with Crippen LogP contribution in [-0.2, 0) is 30.3 Å². The minimum Gasteiger partial charge on any atom is -0.428 e. The molecule has 30 heavy (non-hydrogen) atoms. The molecular formula is C21H22N2O6S. The van der Waals surface area contributed by atoms with Gasteiger partial charge in [-0.25, -0.2) is 4.79 Å². The lowest BCUT2D eigenvalue weighted by Crippen LogP contribution is -2.72. The summed E-state index contributed by atoms with van der Waals surface area (Å²) in [4.78, 5) is 37.7. The fraction of sp³-hybridized carbons (Fsp3) is 0.286. The molecular weight excluding hydrogens is 408 g/mol. The number of aliphatic hydroxyl groups excluding tert-OH is 1. The lowest BCUT2D eigenvalue weighted by molar-refractivity contribution is -0.202. The first-order valence-electron chi connectivity index (χ1n) is 9.22. The molecule has 0 aliphatic carbocycles. The largest absolute Gasteiger partial charge is 0.428 e. The topological polar surface area (TPSA) is 105 Å². The van der Waals surface area contributed by atoms with Gasteiger partial charge in [-0.1, -0.05) is 60.7 Å². The number of nitrogens with zero attached hydrogens (tertiary/aromatic N) is 1. The summed E-state index contributed by atoms with van der Waals surface area (Å²) in [6.07, 6.45) is -2.81. The maximum atomic E-state index is 12.4. The fourth-order valence-corrected chi connectivity index (χ4v) is 3.49. The molecule has 2 unspecified atom stereocenters. The molecule has 1 fully saturated rings. The third-order valence-corrected chi connectivity index (χ3v) is 5.16. The second-order valence-corrected chi connectivity index (χ2v) is 7.18. The third-order valence-electron chi connectivity index (χ3n) is 4.61. The number of ether oxygens (including phenoxy) is 2. The molecule has 1 heterocycles. The molecule has 9 heteroatoms. The molecule has 3 rings (SSSR count). The minimum absolute atomic E-state index is 0.0995. The summed E-state index contributed by atoms with van der Waals surface area (Å²) < 4.78 is 10.3. The molecule has 2 N–H and O–H groups in total. The highest BCUT2D eigenvalue weighted by Crippen LogP contribution is 2.27. The number of aliphatic hydroxyl groups is 1. The lowest BCUT2D eigenvalue weighted by atomic mass is 10.1. The van der Waals surface area contributed by atoms with Gasteiger partial charge >= 0.3 is 5.97 Å². The Kier molecular flexibility index (Phi) is 7.09. The van der Waals surface area contributed by atoms with E-state index in [2.05, 4.69) is 17.9 Å². The van der Waals surface area contributed by atoms with Crippen LogP contribution >= 0.6 is 12.6 Å². The molecule has 1 saturated heterocycles. The van der Waals surface area contributed by atoms with E-state index in [0.29, 0.717) is 5.56 Å². The quantitative estimate of drug-likeness (QED) is 0.250. The molecule has 1 aliphatic rings. The normalized spacial score (nSPS) is 20.1. The molecule has 0 aromatic heterocycles.